The third kappa shape index (κ3) is 4.75. The van der Waals surface area contributed by atoms with Gasteiger partial charge in [0.05, 0.1) is 18.1 Å². The van der Waals surface area contributed by atoms with E-state index in [1.807, 2.05) is 0 Å². The molecule has 27 heavy (non-hydrogen) atoms. The minimum absolute atomic E-state index is 0.107. The monoisotopic (exact) mass is 408 g/mol. The molecule has 0 bridgehead atoms. The molecule has 0 aromatic carbocycles. The summed E-state index contributed by atoms with van der Waals surface area (Å²) in [7, 11) is 0. The van der Waals surface area contributed by atoms with E-state index >= 15 is 0 Å². The number of fused-ring (bicyclic) bond motifs is 1. The lowest BCUT2D eigenvalue weighted by molar-refractivity contribution is -0.113. The van der Waals surface area contributed by atoms with Crippen LogP contribution in [0, 0.1) is 6.92 Å². The van der Waals surface area contributed by atoms with Gasteiger partial charge in [0, 0.05) is 11.3 Å². The molecule has 3 rings (SSSR count). The predicted octanol–water partition coefficient (Wildman–Crippen LogP) is 2.32. The summed E-state index contributed by atoms with van der Waals surface area (Å²) in [5.41, 5.74) is 2.10. The third-order valence-corrected chi connectivity index (χ3v) is 6.10. The van der Waals surface area contributed by atoms with Crippen LogP contribution in [0.25, 0.3) is 0 Å². The van der Waals surface area contributed by atoms with Crippen molar-refractivity contribution in [3.05, 3.63) is 32.3 Å². The number of ether oxygens (including phenoxy) is 1. The van der Waals surface area contributed by atoms with Crippen LogP contribution in [0.4, 0.5) is 5.13 Å². The highest BCUT2D eigenvalue weighted by Crippen LogP contribution is 2.28. The number of thiazole rings is 1. The molecule has 1 amide bonds. The van der Waals surface area contributed by atoms with E-state index in [-0.39, 0.29) is 24.0 Å². The molecular weight excluding hydrogens is 388 g/mol. The minimum atomic E-state index is -0.443. The number of thioether (sulfide) groups is 1. The Labute approximate surface area is 164 Å². The molecule has 2 aromatic rings. The third-order valence-electron chi connectivity index (χ3n) is 4.03. The molecule has 2 aromatic heterocycles. The lowest BCUT2D eigenvalue weighted by Crippen LogP contribution is -2.20. The molecule has 0 aliphatic heterocycles. The number of hydrogen-bond acceptors (Lipinski definition) is 8. The molecule has 0 atom stereocenters. The Morgan fingerprint density at radius 2 is 2.07 bits per heavy atom. The van der Waals surface area contributed by atoms with Gasteiger partial charge in [-0.2, -0.15) is 4.98 Å². The Balaban J connectivity index is 1.64. The summed E-state index contributed by atoms with van der Waals surface area (Å²) in [4.78, 5) is 47.2. The van der Waals surface area contributed by atoms with Crippen LogP contribution in [0.1, 0.15) is 46.4 Å². The van der Waals surface area contributed by atoms with Gasteiger partial charge in [-0.1, -0.05) is 23.1 Å². The van der Waals surface area contributed by atoms with Gasteiger partial charge in [0.2, 0.25) is 5.91 Å². The number of carbonyl (C=O) groups excluding carboxylic acids is 2. The molecule has 1 aliphatic rings. The lowest BCUT2D eigenvalue weighted by Gasteiger charge is -2.17. The van der Waals surface area contributed by atoms with E-state index in [2.05, 4.69) is 20.3 Å². The Morgan fingerprint density at radius 3 is 2.85 bits per heavy atom. The van der Waals surface area contributed by atoms with Crippen LogP contribution >= 0.6 is 23.1 Å². The van der Waals surface area contributed by atoms with Gasteiger partial charge in [-0.25, -0.2) is 14.6 Å². The number of hydrogen-bond donors (Lipinski definition) is 2. The Morgan fingerprint density at radius 1 is 1.30 bits per heavy atom. The molecule has 0 fully saturated rings. The molecule has 0 radical (unpaired) electrons. The van der Waals surface area contributed by atoms with Crippen LogP contribution < -0.4 is 11.0 Å². The number of aromatic nitrogens is 3. The van der Waals surface area contributed by atoms with E-state index in [1.54, 1.807) is 13.8 Å². The Bertz CT molecular complexity index is 922. The van der Waals surface area contributed by atoms with Crippen LogP contribution in [0.15, 0.2) is 9.82 Å². The van der Waals surface area contributed by atoms with Gasteiger partial charge >= 0.3 is 11.7 Å². The van der Waals surface area contributed by atoms with Crippen molar-refractivity contribution < 1.29 is 14.3 Å². The fourth-order valence-electron chi connectivity index (χ4n) is 2.84. The van der Waals surface area contributed by atoms with Gasteiger partial charge in [0.15, 0.2) is 5.13 Å². The first-order valence-electron chi connectivity index (χ1n) is 8.67. The predicted molar refractivity (Wildman–Crippen MR) is 104 cm³/mol. The fourth-order valence-corrected chi connectivity index (χ4v) is 4.60. The van der Waals surface area contributed by atoms with E-state index in [9.17, 15) is 14.4 Å². The molecule has 2 heterocycles. The Hall–Kier alpha value is -2.20. The number of esters is 1. The molecule has 0 unspecified atom stereocenters. The average Bonchev–Trinajstić information content (AvgIpc) is 3.00. The highest BCUT2D eigenvalue weighted by Gasteiger charge is 2.19. The first-order valence-corrected chi connectivity index (χ1v) is 10.5. The Kier molecular flexibility index (Phi) is 6.27. The van der Waals surface area contributed by atoms with Crippen LogP contribution in [0.5, 0.6) is 0 Å². The number of aromatic amines is 1. The van der Waals surface area contributed by atoms with Crippen molar-refractivity contribution in [3.63, 3.8) is 0 Å². The smallest absolute Gasteiger partial charge is 0.350 e. The quantitative estimate of drug-likeness (QED) is 0.428. The number of nitrogens with zero attached hydrogens (tertiary/aromatic N) is 2. The summed E-state index contributed by atoms with van der Waals surface area (Å²) in [6.45, 7) is 3.71. The van der Waals surface area contributed by atoms with Crippen molar-refractivity contribution in [1.82, 2.24) is 15.0 Å². The topological polar surface area (TPSA) is 114 Å². The van der Waals surface area contributed by atoms with Crippen molar-refractivity contribution in [3.8, 4) is 0 Å². The van der Waals surface area contributed by atoms with Crippen molar-refractivity contribution in [2.75, 3.05) is 17.7 Å². The van der Waals surface area contributed by atoms with Gasteiger partial charge in [-0.05, 0) is 39.5 Å². The lowest BCUT2D eigenvalue weighted by atomic mass is 9.98. The van der Waals surface area contributed by atoms with Gasteiger partial charge in [-0.3, -0.25) is 4.79 Å². The maximum Gasteiger partial charge on any atom is 0.350 e. The van der Waals surface area contributed by atoms with Crippen molar-refractivity contribution in [1.29, 1.82) is 0 Å². The minimum Gasteiger partial charge on any atom is -0.462 e. The van der Waals surface area contributed by atoms with Gasteiger partial charge in [0.25, 0.3) is 0 Å². The number of H-pyrrole nitrogens is 1. The number of anilines is 1. The molecule has 0 saturated heterocycles. The van der Waals surface area contributed by atoms with E-state index in [0.717, 1.165) is 48.3 Å². The fraction of sp³-hybridized carbons (Fsp3) is 0.471. The highest BCUT2D eigenvalue weighted by molar-refractivity contribution is 8.00. The van der Waals surface area contributed by atoms with Gasteiger partial charge in [0.1, 0.15) is 9.90 Å². The summed E-state index contributed by atoms with van der Waals surface area (Å²) >= 11 is 2.33. The first kappa shape index (κ1) is 19.6. The van der Waals surface area contributed by atoms with Gasteiger partial charge in [-0.15, -0.1) is 0 Å². The summed E-state index contributed by atoms with van der Waals surface area (Å²) in [5, 5.41) is 3.66. The normalized spacial score (nSPS) is 13.1. The molecular formula is C17H20N4O4S2. The standard InChI is InChI=1S/C17H20N4O4S2/c1-3-25-15(23)13-9(2)18-17(27-13)20-12(22)8-26-14-10-6-4-5-7-11(10)19-16(24)21-14/h3-8H2,1-2H3,(H,18,20,22)(H,19,21,24). The second-order valence-electron chi connectivity index (χ2n) is 6.00. The zero-order valence-corrected chi connectivity index (χ0v) is 16.7. The van der Waals surface area contributed by atoms with Gasteiger partial charge < -0.3 is 15.0 Å². The van der Waals surface area contributed by atoms with E-state index in [0.29, 0.717) is 20.7 Å². The summed E-state index contributed by atoms with van der Waals surface area (Å²) < 4.78 is 4.97. The number of amides is 1. The SMILES string of the molecule is CCOC(=O)c1sc(NC(=O)CSc2nc(=O)[nH]c3c2CCCC3)nc1C. The van der Waals surface area contributed by atoms with E-state index in [1.165, 1.54) is 11.8 Å². The van der Waals surface area contributed by atoms with Crippen LogP contribution in [0.2, 0.25) is 0 Å². The summed E-state index contributed by atoms with van der Waals surface area (Å²) in [5.74, 6) is -0.603. The number of aryl methyl sites for hydroxylation is 2. The first-order chi connectivity index (χ1) is 13.0. The second-order valence-corrected chi connectivity index (χ2v) is 7.97. The van der Waals surface area contributed by atoms with Crippen molar-refractivity contribution >= 4 is 40.1 Å². The molecule has 8 nitrogen and oxygen atoms in total. The van der Waals surface area contributed by atoms with Crippen LogP contribution in [-0.4, -0.2) is 39.2 Å². The second kappa shape index (κ2) is 8.66. The molecule has 1 aliphatic carbocycles. The largest absolute Gasteiger partial charge is 0.462 e. The zero-order chi connectivity index (χ0) is 19.4. The number of nitrogens with one attached hydrogen (secondary N) is 2. The zero-order valence-electron chi connectivity index (χ0n) is 15.1. The van der Waals surface area contributed by atoms with E-state index < -0.39 is 5.97 Å². The van der Waals surface area contributed by atoms with Crippen molar-refractivity contribution in [2.24, 2.45) is 0 Å². The highest BCUT2D eigenvalue weighted by atomic mass is 32.2. The van der Waals surface area contributed by atoms with Crippen LogP contribution in [0.3, 0.4) is 0 Å². The molecule has 10 heteroatoms. The van der Waals surface area contributed by atoms with Crippen LogP contribution in [-0.2, 0) is 22.4 Å². The molecule has 144 valence electrons. The molecule has 0 saturated carbocycles. The molecule has 0 spiro atoms. The molecule has 2 N–H and O–H groups in total. The summed E-state index contributed by atoms with van der Waals surface area (Å²) in [6.07, 6.45) is 3.79. The average molecular weight is 409 g/mol. The number of rotatable bonds is 6. The van der Waals surface area contributed by atoms with E-state index in [4.69, 9.17) is 4.74 Å². The maximum atomic E-state index is 12.3. The van der Waals surface area contributed by atoms with Crippen molar-refractivity contribution in [2.45, 2.75) is 44.6 Å². The maximum absolute atomic E-state index is 12.3. The summed E-state index contributed by atoms with van der Waals surface area (Å²) in [6, 6.07) is 0. The number of carbonyl (C=O) groups is 2.